The number of nitrogen functional groups attached to an aromatic ring is 1. The van der Waals surface area contributed by atoms with Gasteiger partial charge in [-0.25, -0.2) is 4.79 Å². The number of hydrogen-bond acceptors (Lipinski definition) is 8. The molecule has 96 valence electrons. The van der Waals surface area contributed by atoms with E-state index in [-0.39, 0.29) is 11.4 Å². The minimum absolute atomic E-state index is 0.00698. The molecule has 0 atom stereocenters. The van der Waals surface area contributed by atoms with Crippen molar-refractivity contribution >= 4 is 5.82 Å². The van der Waals surface area contributed by atoms with Crippen LogP contribution in [-0.4, -0.2) is 31.6 Å². The van der Waals surface area contributed by atoms with E-state index >= 15 is 0 Å². The lowest BCUT2D eigenvalue weighted by Crippen LogP contribution is -2.43. The van der Waals surface area contributed by atoms with Gasteiger partial charge in [0.15, 0.2) is 5.76 Å². The van der Waals surface area contributed by atoms with Crippen molar-refractivity contribution in [2.45, 2.75) is 0 Å². The maximum absolute atomic E-state index is 11.5. The Morgan fingerprint density at radius 3 is 2.78 bits per heavy atom. The minimum atomic E-state index is -0.810. The highest BCUT2D eigenvalue weighted by Crippen LogP contribution is 2.18. The van der Waals surface area contributed by atoms with E-state index in [1.807, 2.05) is 0 Å². The Labute approximate surface area is 100 Å². The third-order valence-corrected chi connectivity index (χ3v) is 2.17. The number of aliphatic hydroxyl groups is 3. The van der Waals surface area contributed by atoms with Gasteiger partial charge in [0.1, 0.15) is 12.1 Å². The van der Waals surface area contributed by atoms with Gasteiger partial charge in [-0.3, -0.25) is 0 Å². The molecule has 1 aliphatic heterocycles. The predicted octanol–water partition coefficient (Wildman–Crippen LogP) is -1.13. The van der Waals surface area contributed by atoms with Crippen molar-refractivity contribution in [1.29, 1.82) is 0 Å². The lowest BCUT2D eigenvalue weighted by Gasteiger charge is -2.26. The molecule has 5 N–H and O–H groups in total. The summed E-state index contributed by atoms with van der Waals surface area (Å²) in [6, 6.07) is 1.31. The van der Waals surface area contributed by atoms with Crippen LogP contribution in [0.25, 0.3) is 0 Å². The monoisotopic (exact) mass is 254 g/mol. The van der Waals surface area contributed by atoms with E-state index in [4.69, 9.17) is 15.7 Å². The maximum Gasteiger partial charge on any atom is 0.371 e. The number of nitrogens with zero attached hydrogens (tertiary/aromatic N) is 3. The van der Waals surface area contributed by atoms with Crippen LogP contribution in [0.15, 0.2) is 40.5 Å². The molecule has 18 heavy (non-hydrogen) atoms. The van der Waals surface area contributed by atoms with E-state index in [0.29, 0.717) is 5.17 Å². The van der Waals surface area contributed by atoms with Gasteiger partial charge in [-0.2, -0.15) is 9.66 Å². The molecule has 1 aromatic rings. The van der Waals surface area contributed by atoms with Crippen molar-refractivity contribution < 1.29 is 20.2 Å². The Morgan fingerprint density at radius 2 is 2.17 bits per heavy atom. The molecule has 1 aromatic heterocycles. The molecule has 2 rings (SSSR count). The third-order valence-electron chi connectivity index (χ3n) is 2.17. The molecule has 1 aliphatic rings. The lowest BCUT2D eigenvalue weighted by molar-refractivity contribution is 0.0942. The summed E-state index contributed by atoms with van der Waals surface area (Å²) in [5.74, 6) is -1.35. The average Bonchev–Trinajstić information content (AvgIpc) is 2.34. The summed E-state index contributed by atoms with van der Waals surface area (Å²) in [5, 5.41) is 28.6. The summed E-state index contributed by atoms with van der Waals surface area (Å²) in [4.78, 5) is 19.8. The summed E-state index contributed by atoms with van der Waals surface area (Å²) in [5.41, 5.74) is 4.47. The zero-order valence-corrected chi connectivity index (χ0v) is 9.02. The van der Waals surface area contributed by atoms with E-state index < -0.39 is 23.9 Å². The Hall–Kier alpha value is -2.68. The number of anilines is 1. The molecule has 0 saturated carbocycles. The highest BCUT2D eigenvalue weighted by molar-refractivity contribution is 5.32. The quantitative estimate of drug-likeness (QED) is 0.520. The second kappa shape index (κ2) is 4.30. The number of aromatic nitrogens is 2. The summed E-state index contributed by atoms with van der Waals surface area (Å²) < 4.78 is 0.784. The van der Waals surface area contributed by atoms with Gasteiger partial charge in [-0.05, 0) is 6.07 Å². The molecule has 2 heterocycles. The summed E-state index contributed by atoms with van der Waals surface area (Å²) >= 11 is 0. The SMILES string of the molecule is Nc1ccn(N2OC=C(CO)C(O)=C2O)c(=O)n1. The standard InChI is InChI=1S/C9H10N4O5/c10-6-1-2-12(9(17)11-6)13-8(16)7(15)5(3-14)4-18-13/h1-2,4,14-16H,3H2,(H2,10,11,17). The second-order valence-corrected chi connectivity index (χ2v) is 3.33. The van der Waals surface area contributed by atoms with Crippen LogP contribution >= 0.6 is 0 Å². The number of aliphatic hydroxyl groups excluding tert-OH is 3. The molecule has 9 heteroatoms. The Bertz CT molecular complexity index is 591. The first kappa shape index (κ1) is 11.8. The van der Waals surface area contributed by atoms with Gasteiger partial charge in [0.2, 0.25) is 0 Å². The second-order valence-electron chi connectivity index (χ2n) is 3.33. The van der Waals surface area contributed by atoms with E-state index in [9.17, 15) is 15.0 Å². The Balaban J connectivity index is 2.43. The van der Waals surface area contributed by atoms with Gasteiger partial charge in [0.05, 0.1) is 12.2 Å². The molecule has 9 nitrogen and oxygen atoms in total. The third kappa shape index (κ3) is 1.82. The number of hydroxylamine groups is 1. The molecular weight excluding hydrogens is 244 g/mol. The Morgan fingerprint density at radius 1 is 1.44 bits per heavy atom. The summed E-state index contributed by atoms with van der Waals surface area (Å²) in [7, 11) is 0. The molecule has 0 unspecified atom stereocenters. The maximum atomic E-state index is 11.5. The van der Waals surface area contributed by atoms with E-state index in [1.165, 1.54) is 12.3 Å². The van der Waals surface area contributed by atoms with Crippen LogP contribution in [0.2, 0.25) is 0 Å². The number of rotatable bonds is 2. The molecule has 0 amide bonds. The highest BCUT2D eigenvalue weighted by atomic mass is 16.7. The number of hydrogen-bond donors (Lipinski definition) is 4. The summed E-state index contributed by atoms with van der Waals surface area (Å²) in [6.07, 6.45) is 2.18. The van der Waals surface area contributed by atoms with Crippen LogP contribution in [0.5, 0.6) is 0 Å². The van der Waals surface area contributed by atoms with Crippen molar-refractivity contribution in [3.63, 3.8) is 0 Å². The van der Waals surface area contributed by atoms with Gasteiger partial charge in [-0.1, -0.05) is 5.17 Å². The predicted molar refractivity (Wildman–Crippen MR) is 59.7 cm³/mol. The lowest BCUT2D eigenvalue weighted by atomic mass is 10.2. The highest BCUT2D eigenvalue weighted by Gasteiger charge is 2.25. The van der Waals surface area contributed by atoms with Gasteiger partial charge in [0.25, 0.3) is 5.88 Å². The molecule has 0 radical (unpaired) electrons. The molecule has 0 spiro atoms. The average molecular weight is 254 g/mol. The summed E-state index contributed by atoms with van der Waals surface area (Å²) in [6.45, 7) is -0.529. The van der Waals surface area contributed by atoms with Gasteiger partial charge < -0.3 is 25.9 Å². The molecule has 0 saturated heterocycles. The van der Waals surface area contributed by atoms with E-state index in [0.717, 1.165) is 10.9 Å². The zero-order valence-electron chi connectivity index (χ0n) is 9.02. The number of nitrogens with two attached hydrogens (primary N) is 1. The van der Waals surface area contributed by atoms with Crippen LogP contribution in [0.1, 0.15) is 0 Å². The van der Waals surface area contributed by atoms with E-state index in [1.54, 1.807) is 0 Å². The molecule has 0 fully saturated rings. The van der Waals surface area contributed by atoms with Crippen molar-refractivity contribution in [2.24, 2.45) is 0 Å². The van der Waals surface area contributed by atoms with Gasteiger partial charge >= 0.3 is 5.69 Å². The smallest absolute Gasteiger partial charge is 0.371 e. The van der Waals surface area contributed by atoms with Gasteiger partial charge in [-0.15, -0.1) is 0 Å². The molecule has 0 bridgehead atoms. The normalized spacial score (nSPS) is 15.4. The Kier molecular flexibility index (Phi) is 2.81. The van der Waals surface area contributed by atoms with Crippen molar-refractivity contribution in [3.05, 3.63) is 46.2 Å². The van der Waals surface area contributed by atoms with Crippen LogP contribution in [-0.2, 0) is 4.84 Å². The van der Waals surface area contributed by atoms with Crippen LogP contribution in [0, 0.1) is 0 Å². The topological polar surface area (TPSA) is 134 Å². The van der Waals surface area contributed by atoms with Crippen molar-refractivity contribution in [1.82, 2.24) is 9.66 Å². The van der Waals surface area contributed by atoms with Crippen molar-refractivity contribution in [3.8, 4) is 0 Å². The van der Waals surface area contributed by atoms with Gasteiger partial charge in [0, 0.05) is 6.20 Å². The fraction of sp³-hybridized carbons (Fsp3) is 0.111. The largest absolute Gasteiger partial charge is 0.503 e. The molecular formula is C9H10N4O5. The van der Waals surface area contributed by atoms with Crippen molar-refractivity contribution in [2.75, 3.05) is 17.5 Å². The minimum Gasteiger partial charge on any atom is -0.503 e. The van der Waals surface area contributed by atoms with Crippen LogP contribution in [0.4, 0.5) is 5.82 Å². The van der Waals surface area contributed by atoms with E-state index in [2.05, 4.69) is 4.98 Å². The molecule has 0 aromatic carbocycles. The fourth-order valence-electron chi connectivity index (χ4n) is 1.27. The first-order chi connectivity index (χ1) is 8.54. The van der Waals surface area contributed by atoms with Crippen LogP contribution in [0.3, 0.4) is 0 Å². The zero-order chi connectivity index (χ0) is 13.3. The molecule has 0 aliphatic carbocycles. The first-order valence-corrected chi connectivity index (χ1v) is 4.79. The fourth-order valence-corrected chi connectivity index (χ4v) is 1.27. The van der Waals surface area contributed by atoms with Crippen LogP contribution < -0.4 is 16.6 Å². The first-order valence-electron chi connectivity index (χ1n) is 4.79.